The first-order valence-corrected chi connectivity index (χ1v) is 7.17. The van der Waals surface area contributed by atoms with Crippen molar-refractivity contribution in [1.82, 2.24) is 4.57 Å². The van der Waals surface area contributed by atoms with Gasteiger partial charge in [-0.15, -0.1) is 0 Å². The fourth-order valence-electron chi connectivity index (χ4n) is 2.68. The second-order valence-corrected chi connectivity index (χ2v) is 5.86. The third kappa shape index (κ3) is 2.84. The molecule has 0 N–H and O–H groups in total. The largest absolute Gasteiger partial charge is 0.318 e. The molecule has 2 nitrogen and oxygen atoms in total. The Morgan fingerprint density at radius 3 is 2.25 bits per heavy atom. The zero-order valence-electron chi connectivity index (χ0n) is 13.0. The van der Waals surface area contributed by atoms with Crippen molar-refractivity contribution in [2.45, 2.75) is 47.0 Å². The summed E-state index contributed by atoms with van der Waals surface area (Å²) in [6.07, 6.45) is 0.518. The zero-order valence-corrected chi connectivity index (χ0v) is 13.0. The summed E-state index contributed by atoms with van der Waals surface area (Å²) in [5, 5.41) is 0. The maximum Gasteiger partial charge on any atom is 0.134 e. The molecule has 0 amide bonds. The average molecular weight is 269 g/mol. The summed E-state index contributed by atoms with van der Waals surface area (Å²) < 4.78 is 2.22. The lowest BCUT2D eigenvalue weighted by Gasteiger charge is -2.12. The molecule has 0 atom stereocenters. The van der Waals surface area contributed by atoms with Gasteiger partial charge in [-0.3, -0.25) is 4.79 Å². The number of benzene rings is 1. The lowest BCUT2D eigenvalue weighted by molar-refractivity contribution is -0.116. The SMILES string of the molecule is CC(=O)Cc1cc(C)n(-c2ccc(C(C)C)cc2)c1C. The number of aryl methyl sites for hydroxylation is 1. The molecule has 0 fully saturated rings. The van der Waals surface area contributed by atoms with Gasteiger partial charge in [0.1, 0.15) is 5.78 Å². The van der Waals surface area contributed by atoms with Crippen LogP contribution in [0.25, 0.3) is 5.69 Å². The zero-order chi connectivity index (χ0) is 14.9. The van der Waals surface area contributed by atoms with Gasteiger partial charge in [-0.1, -0.05) is 26.0 Å². The molecular weight excluding hydrogens is 246 g/mol. The molecular formula is C18H23NO. The molecule has 0 aliphatic heterocycles. The summed E-state index contributed by atoms with van der Waals surface area (Å²) in [5.74, 6) is 0.754. The minimum absolute atomic E-state index is 0.209. The molecule has 0 radical (unpaired) electrons. The highest BCUT2D eigenvalue weighted by Gasteiger charge is 2.12. The number of hydrogen-bond donors (Lipinski definition) is 0. The van der Waals surface area contributed by atoms with Crippen molar-refractivity contribution >= 4 is 5.78 Å². The highest BCUT2D eigenvalue weighted by atomic mass is 16.1. The lowest BCUT2D eigenvalue weighted by atomic mass is 10.0. The minimum Gasteiger partial charge on any atom is -0.318 e. The van der Waals surface area contributed by atoms with Gasteiger partial charge in [-0.05, 0) is 56.0 Å². The summed E-state index contributed by atoms with van der Waals surface area (Å²) >= 11 is 0. The Kier molecular flexibility index (Phi) is 4.12. The molecule has 2 aromatic rings. The van der Waals surface area contributed by atoms with Crippen LogP contribution in [0.3, 0.4) is 0 Å². The van der Waals surface area contributed by atoms with Crippen molar-refractivity contribution in [2.75, 3.05) is 0 Å². The van der Waals surface area contributed by atoms with Crippen LogP contribution in [0, 0.1) is 13.8 Å². The van der Waals surface area contributed by atoms with Crippen LogP contribution >= 0.6 is 0 Å². The predicted octanol–water partition coefficient (Wildman–Crippen LogP) is 4.35. The highest BCUT2D eigenvalue weighted by molar-refractivity contribution is 5.78. The van der Waals surface area contributed by atoms with Gasteiger partial charge in [0, 0.05) is 23.5 Å². The summed E-state index contributed by atoms with van der Waals surface area (Å²) in [6, 6.07) is 10.8. The van der Waals surface area contributed by atoms with Crippen LogP contribution in [0.5, 0.6) is 0 Å². The van der Waals surface area contributed by atoms with Crippen LogP contribution in [0.1, 0.15) is 49.2 Å². The predicted molar refractivity (Wildman–Crippen MR) is 83.7 cm³/mol. The number of rotatable bonds is 4. The van der Waals surface area contributed by atoms with E-state index in [4.69, 9.17) is 0 Å². The van der Waals surface area contributed by atoms with E-state index in [1.54, 1.807) is 6.92 Å². The van der Waals surface area contributed by atoms with Crippen molar-refractivity contribution in [2.24, 2.45) is 0 Å². The van der Waals surface area contributed by atoms with E-state index in [0.29, 0.717) is 12.3 Å². The molecule has 1 aromatic carbocycles. The monoisotopic (exact) mass is 269 g/mol. The fraction of sp³-hybridized carbons (Fsp3) is 0.389. The average Bonchev–Trinajstić information content (AvgIpc) is 2.64. The quantitative estimate of drug-likeness (QED) is 0.809. The Morgan fingerprint density at radius 1 is 1.15 bits per heavy atom. The highest BCUT2D eigenvalue weighted by Crippen LogP contribution is 2.23. The second kappa shape index (κ2) is 5.66. The number of carbonyl (C=O) groups excluding carboxylic acids is 1. The van der Waals surface area contributed by atoms with Crippen LogP contribution in [0.15, 0.2) is 30.3 Å². The van der Waals surface area contributed by atoms with Crippen LogP contribution in [0.4, 0.5) is 0 Å². The van der Waals surface area contributed by atoms with E-state index in [9.17, 15) is 4.79 Å². The van der Waals surface area contributed by atoms with Gasteiger partial charge in [0.05, 0.1) is 0 Å². The second-order valence-electron chi connectivity index (χ2n) is 5.86. The number of ketones is 1. The molecule has 1 heterocycles. The molecule has 2 heteroatoms. The van der Waals surface area contributed by atoms with Gasteiger partial charge < -0.3 is 4.57 Å². The summed E-state index contributed by atoms with van der Waals surface area (Å²) in [7, 11) is 0. The van der Waals surface area contributed by atoms with Crippen LogP contribution < -0.4 is 0 Å². The van der Waals surface area contributed by atoms with Gasteiger partial charge in [0.25, 0.3) is 0 Å². The molecule has 0 unspecified atom stereocenters. The van der Waals surface area contributed by atoms with E-state index in [0.717, 1.165) is 11.3 Å². The molecule has 1 aromatic heterocycles. The van der Waals surface area contributed by atoms with E-state index < -0.39 is 0 Å². The Hall–Kier alpha value is -1.83. The van der Waals surface area contributed by atoms with E-state index in [1.807, 2.05) is 0 Å². The van der Waals surface area contributed by atoms with Crippen LogP contribution in [-0.2, 0) is 11.2 Å². The Bertz CT molecular complexity index is 618. The van der Waals surface area contributed by atoms with Gasteiger partial charge in [0.2, 0.25) is 0 Å². The van der Waals surface area contributed by atoms with E-state index in [1.165, 1.54) is 16.9 Å². The first-order chi connectivity index (χ1) is 9.40. The number of carbonyl (C=O) groups is 1. The topological polar surface area (TPSA) is 22.0 Å². The number of hydrogen-bond acceptors (Lipinski definition) is 1. The standard InChI is InChI=1S/C18H23NO/c1-12(2)16-6-8-18(9-7-16)19-13(3)10-17(15(19)5)11-14(4)20/h6-10,12H,11H2,1-5H3. The van der Waals surface area contributed by atoms with Crippen LogP contribution in [-0.4, -0.2) is 10.4 Å². The molecule has 0 aliphatic rings. The maximum atomic E-state index is 11.3. The summed E-state index contributed by atoms with van der Waals surface area (Å²) in [6.45, 7) is 10.2. The Morgan fingerprint density at radius 2 is 1.75 bits per heavy atom. The van der Waals surface area contributed by atoms with Crippen molar-refractivity contribution in [3.05, 3.63) is 52.8 Å². The van der Waals surface area contributed by atoms with Crippen molar-refractivity contribution in [1.29, 1.82) is 0 Å². The Balaban J connectivity index is 2.42. The lowest BCUT2D eigenvalue weighted by Crippen LogP contribution is -2.02. The number of nitrogens with zero attached hydrogens (tertiary/aromatic N) is 1. The van der Waals surface area contributed by atoms with Gasteiger partial charge in [0.15, 0.2) is 0 Å². The normalized spacial score (nSPS) is 11.1. The molecule has 106 valence electrons. The van der Waals surface area contributed by atoms with Crippen molar-refractivity contribution < 1.29 is 4.79 Å². The number of Topliss-reactive ketones (excluding diaryl/α,β-unsaturated/α-hetero) is 1. The minimum atomic E-state index is 0.209. The molecule has 0 spiro atoms. The van der Waals surface area contributed by atoms with E-state index in [2.05, 4.69) is 62.6 Å². The summed E-state index contributed by atoms with van der Waals surface area (Å²) in [5.41, 5.74) is 5.98. The third-order valence-electron chi connectivity index (χ3n) is 3.79. The van der Waals surface area contributed by atoms with Crippen molar-refractivity contribution in [3.8, 4) is 5.69 Å². The maximum absolute atomic E-state index is 11.3. The molecule has 0 saturated heterocycles. The van der Waals surface area contributed by atoms with E-state index in [-0.39, 0.29) is 5.78 Å². The Labute approximate surface area is 121 Å². The molecule has 0 saturated carbocycles. The van der Waals surface area contributed by atoms with Crippen molar-refractivity contribution in [3.63, 3.8) is 0 Å². The van der Waals surface area contributed by atoms with Gasteiger partial charge in [-0.2, -0.15) is 0 Å². The first-order valence-electron chi connectivity index (χ1n) is 7.17. The third-order valence-corrected chi connectivity index (χ3v) is 3.79. The summed E-state index contributed by atoms with van der Waals surface area (Å²) in [4.78, 5) is 11.3. The molecule has 20 heavy (non-hydrogen) atoms. The molecule has 2 rings (SSSR count). The smallest absolute Gasteiger partial charge is 0.134 e. The van der Waals surface area contributed by atoms with Crippen LogP contribution in [0.2, 0.25) is 0 Å². The molecule has 0 bridgehead atoms. The number of aromatic nitrogens is 1. The van der Waals surface area contributed by atoms with E-state index >= 15 is 0 Å². The van der Waals surface area contributed by atoms with Gasteiger partial charge >= 0.3 is 0 Å². The van der Waals surface area contributed by atoms with Gasteiger partial charge in [-0.25, -0.2) is 0 Å². The first kappa shape index (κ1) is 14.6. The fourth-order valence-corrected chi connectivity index (χ4v) is 2.68. The molecule has 0 aliphatic carbocycles.